The van der Waals surface area contributed by atoms with Crippen molar-refractivity contribution >= 4 is 23.6 Å². The lowest BCUT2D eigenvalue weighted by atomic mass is 9.65. The van der Waals surface area contributed by atoms with Gasteiger partial charge in [-0.25, -0.2) is 0 Å². The topological polar surface area (TPSA) is 85.5 Å². The van der Waals surface area contributed by atoms with Crippen LogP contribution in [-0.2, 0) is 9.59 Å². The summed E-state index contributed by atoms with van der Waals surface area (Å²) in [6.07, 6.45) is 7.52. The van der Waals surface area contributed by atoms with Crippen molar-refractivity contribution in [2.24, 2.45) is 29.6 Å². The molecule has 0 aromatic carbocycles. The van der Waals surface area contributed by atoms with Crippen LogP contribution in [0.15, 0.2) is 0 Å². The van der Waals surface area contributed by atoms with Crippen LogP contribution in [0, 0.1) is 29.6 Å². The Balaban J connectivity index is 1.17. The van der Waals surface area contributed by atoms with Gasteiger partial charge in [-0.15, -0.1) is 11.8 Å². The summed E-state index contributed by atoms with van der Waals surface area (Å²) in [5.74, 6) is 3.60. The molecular formula is C26H45N5O2S. The molecule has 8 heteroatoms. The van der Waals surface area contributed by atoms with Gasteiger partial charge >= 0.3 is 0 Å². The number of nitrogens with one attached hydrogen (secondary N) is 4. The van der Waals surface area contributed by atoms with Crippen LogP contribution >= 0.6 is 11.8 Å². The van der Waals surface area contributed by atoms with Crippen molar-refractivity contribution in [3.63, 3.8) is 0 Å². The molecular weight excluding hydrogens is 446 g/mol. The molecule has 4 saturated heterocycles. The number of likely N-dealkylation sites (tertiary alicyclic amines) is 1. The maximum atomic E-state index is 13.5. The van der Waals surface area contributed by atoms with Crippen molar-refractivity contribution in [2.75, 3.05) is 32.4 Å². The number of thioether (sulfide) groups is 1. The number of amides is 2. The molecule has 0 bridgehead atoms. The zero-order valence-electron chi connectivity index (χ0n) is 21.2. The monoisotopic (exact) mass is 491 g/mol. The molecule has 34 heavy (non-hydrogen) atoms. The van der Waals surface area contributed by atoms with Gasteiger partial charge in [0.1, 0.15) is 0 Å². The number of piperidine rings is 3. The highest BCUT2D eigenvalue weighted by atomic mass is 32.2. The molecule has 4 N–H and O–H groups in total. The van der Waals surface area contributed by atoms with Gasteiger partial charge in [0.05, 0.1) is 11.4 Å². The van der Waals surface area contributed by atoms with E-state index in [9.17, 15) is 9.59 Å². The summed E-state index contributed by atoms with van der Waals surface area (Å²) in [6.45, 7) is 7.75. The third kappa shape index (κ3) is 5.16. The minimum atomic E-state index is -0.0822. The first-order valence-corrected chi connectivity index (χ1v) is 14.8. The Bertz CT molecular complexity index is 747. The van der Waals surface area contributed by atoms with E-state index in [2.05, 4.69) is 40.0 Å². The number of hydrogen-bond acceptors (Lipinski definition) is 6. The molecule has 0 radical (unpaired) electrons. The Hall–Kier alpha value is -0.830. The molecule has 1 saturated carbocycles. The van der Waals surface area contributed by atoms with Crippen LogP contribution in [0.2, 0.25) is 0 Å². The Morgan fingerprint density at radius 1 is 1.06 bits per heavy atom. The lowest BCUT2D eigenvalue weighted by Crippen LogP contribution is -2.60. The lowest BCUT2D eigenvalue weighted by Gasteiger charge is -2.50. The molecule has 7 nitrogen and oxygen atoms in total. The molecule has 9 atom stereocenters. The number of rotatable bonds is 4. The van der Waals surface area contributed by atoms with Gasteiger partial charge in [-0.1, -0.05) is 6.92 Å². The predicted octanol–water partition coefficient (Wildman–Crippen LogP) is 1.78. The zero-order chi connectivity index (χ0) is 23.8. The molecule has 5 aliphatic rings. The van der Waals surface area contributed by atoms with E-state index in [1.165, 1.54) is 12.8 Å². The van der Waals surface area contributed by atoms with E-state index in [1.54, 1.807) is 0 Å². The molecule has 5 fully saturated rings. The molecule has 0 aromatic heterocycles. The summed E-state index contributed by atoms with van der Waals surface area (Å²) in [5, 5.41) is 14.5. The summed E-state index contributed by atoms with van der Waals surface area (Å²) < 4.78 is 0. The second-order valence-electron chi connectivity index (χ2n) is 11.9. The van der Waals surface area contributed by atoms with Gasteiger partial charge in [0.25, 0.3) is 0 Å². The van der Waals surface area contributed by atoms with Crippen molar-refractivity contribution in [3.8, 4) is 0 Å². The van der Waals surface area contributed by atoms with Crippen molar-refractivity contribution in [3.05, 3.63) is 0 Å². The van der Waals surface area contributed by atoms with Crippen molar-refractivity contribution < 1.29 is 9.59 Å². The number of fused-ring (bicyclic) bond motifs is 1. The van der Waals surface area contributed by atoms with Gasteiger partial charge in [-0.3, -0.25) is 14.9 Å². The second kappa shape index (κ2) is 10.7. The largest absolute Gasteiger partial charge is 0.352 e. The van der Waals surface area contributed by atoms with Crippen LogP contribution in [0.4, 0.5) is 0 Å². The van der Waals surface area contributed by atoms with Crippen molar-refractivity contribution in [1.82, 2.24) is 26.2 Å². The number of hydrogen-bond donors (Lipinski definition) is 4. The highest BCUT2D eigenvalue weighted by molar-refractivity contribution is 8.00. The molecule has 0 spiro atoms. The molecule has 4 aliphatic heterocycles. The standard InChI is InChI=1S/C26H45N5O2S/c1-15-4-5-19(29-24(32)22-14-34-25(30-22)17-6-8-27-9-7-17)12-20(15)21-11-18-13-28-16(2)10-23(18)31(3)26(21)33/h15-23,25,27-28,30H,4-14H2,1-3H3,(H,29,32). The molecule has 4 heterocycles. The average Bonchev–Trinajstić information content (AvgIpc) is 3.34. The summed E-state index contributed by atoms with van der Waals surface area (Å²) in [5.41, 5.74) is 0. The lowest BCUT2D eigenvalue weighted by molar-refractivity contribution is -0.148. The van der Waals surface area contributed by atoms with Gasteiger partial charge in [0.15, 0.2) is 0 Å². The molecule has 2 amide bonds. The van der Waals surface area contributed by atoms with Crippen LogP contribution in [0.1, 0.15) is 58.8 Å². The second-order valence-corrected chi connectivity index (χ2v) is 13.1. The van der Waals surface area contributed by atoms with Crippen LogP contribution in [0.3, 0.4) is 0 Å². The van der Waals surface area contributed by atoms with E-state index in [0.29, 0.717) is 47.0 Å². The quantitative estimate of drug-likeness (QED) is 0.480. The van der Waals surface area contributed by atoms with Crippen LogP contribution in [0.5, 0.6) is 0 Å². The van der Waals surface area contributed by atoms with Gasteiger partial charge in [0.2, 0.25) is 11.8 Å². The van der Waals surface area contributed by atoms with E-state index in [4.69, 9.17) is 0 Å². The van der Waals surface area contributed by atoms with Crippen LogP contribution < -0.4 is 21.3 Å². The molecule has 192 valence electrons. The summed E-state index contributed by atoms with van der Waals surface area (Å²) in [7, 11) is 2.03. The third-order valence-electron chi connectivity index (χ3n) is 9.64. The van der Waals surface area contributed by atoms with Gasteiger partial charge in [-0.2, -0.15) is 0 Å². The summed E-state index contributed by atoms with van der Waals surface area (Å²) in [6, 6.07) is 0.978. The SMILES string of the molecule is CC1CC2C(CN1)CC(C1CC(NC(=O)C3CSC(C4CCNCC4)N3)CCC1C)C(=O)N2C. The normalized spacial score (nSPS) is 44.0. The summed E-state index contributed by atoms with van der Waals surface area (Å²) in [4.78, 5) is 28.7. The van der Waals surface area contributed by atoms with E-state index in [0.717, 1.165) is 57.5 Å². The molecule has 0 aromatic rings. The van der Waals surface area contributed by atoms with Gasteiger partial charge < -0.3 is 20.9 Å². The Labute approximate surface area is 209 Å². The fourth-order valence-corrected chi connectivity index (χ4v) is 8.92. The fourth-order valence-electron chi connectivity index (χ4n) is 7.47. The van der Waals surface area contributed by atoms with Crippen LogP contribution in [0.25, 0.3) is 0 Å². The first kappa shape index (κ1) is 24.8. The van der Waals surface area contributed by atoms with Crippen molar-refractivity contribution in [1.29, 1.82) is 0 Å². The molecule has 9 unspecified atom stereocenters. The van der Waals surface area contributed by atoms with Crippen LogP contribution in [-0.4, -0.2) is 78.7 Å². The predicted molar refractivity (Wildman–Crippen MR) is 137 cm³/mol. The number of carbonyl (C=O) groups is 2. The van der Waals surface area contributed by atoms with E-state index in [1.807, 2.05) is 18.8 Å². The minimum absolute atomic E-state index is 0.0822. The summed E-state index contributed by atoms with van der Waals surface area (Å²) >= 11 is 1.93. The average molecular weight is 492 g/mol. The molecule has 5 rings (SSSR count). The number of nitrogens with zero attached hydrogens (tertiary/aromatic N) is 1. The van der Waals surface area contributed by atoms with Crippen molar-refractivity contribution in [2.45, 2.75) is 88.3 Å². The maximum Gasteiger partial charge on any atom is 0.238 e. The highest BCUT2D eigenvalue weighted by Crippen LogP contribution is 2.43. The minimum Gasteiger partial charge on any atom is -0.352 e. The first-order chi connectivity index (χ1) is 16.4. The Morgan fingerprint density at radius 3 is 2.65 bits per heavy atom. The van der Waals surface area contributed by atoms with E-state index >= 15 is 0 Å². The first-order valence-electron chi connectivity index (χ1n) is 13.8. The fraction of sp³-hybridized carbons (Fsp3) is 0.923. The third-order valence-corrected chi connectivity index (χ3v) is 11.1. The highest BCUT2D eigenvalue weighted by Gasteiger charge is 2.47. The van der Waals surface area contributed by atoms with E-state index in [-0.39, 0.29) is 23.9 Å². The van der Waals surface area contributed by atoms with E-state index < -0.39 is 0 Å². The Morgan fingerprint density at radius 2 is 1.85 bits per heavy atom. The number of carbonyl (C=O) groups excluding carboxylic acids is 2. The van der Waals surface area contributed by atoms with Gasteiger partial charge in [-0.05, 0) is 88.6 Å². The Kier molecular flexibility index (Phi) is 7.78. The van der Waals surface area contributed by atoms with Gasteiger partial charge in [0, 0.05) is 43.4 Å². The molecule has 1 aliphatic carbocycles. The maximum absolute atomic E-state index is 13.5. The smallest absolute Gasteiger partial charge is 0.238 e. The zero-order valence-corrected chi connectivity index (χ0v) is 22.0.